The number of primary sulfonamides is 1. The molecular formula is C25H26N6O2S. The topological polar surface area (TPSA) is 113 Å². The number of aromatic nitrogens is 2. The third-order valence-electron chi connectivity index (χ3n) is 5.20. The molecule has 0 bridgehead atoms. The molecule has 0 aliphatic rings. The molecule has 174 valence electrons. The standard InChI is InChI=1S/C25H26N6O2S/c1-31(2)22-10-5-8-20(14-22)19-7-4-9-21(13-19)30-25-15-24(28-17-29-25)27-16-18-6-3-11-23(12-18)34(26,32)33/h3-15,17H,16H2,1-2H3,(H2,26,32,33)(H2,27,28,29,30). The maximum Gasteiger partial charge on any atom is 0.238 e. The van der Waals surface area contributed by atoms with E-state index in [4.69, 9.17) is 5.14 Å². The summed E-state index contributed by atoms with van der Waals surface area (Å²) in [5.41, 5.74) is 5.03. The zero-order valence-corrected chi connectivity index (χ0v) is 19.8. The van der Waals surface area contributed by atoms with Crippen LogP contribution in [0.1, 0.15) is 5.56 Å². The average Bonchev–Trinajstić information content (AvgIpc) is 2.83. The Balaban J connectivity index is 1.47. The molecule has 9 heteroatoms. The Morgan fingerprint density at radius 2 is 1.56 bits per heavy atom. The lowest BCUT2D eigenvalue weighted by molar-refractivity contribution is 0.597. The van der Waals surface area contributed by atoms with Crippen LogP contribution in [-0.4, -0.2) is 32.5 Å². The van der Waals surface area contributed by atoms with E-state index in [1.54, 1.807) is 18.2 Å². The molecule has 0 aliphatic carbocycles. The van der Waals surface area contributed by atoms with Crippen molar-refractivity contribution in [2.75, 3.05) is 29.6 Å². The predicted molar refractivity (Wildman–Crippen MR) is 137 cm³/mol. The van der Waals surface area contributed by atoms with Gasteiger partial charge in [-0.05, 0) is 53.1 Å². The summed E-state index contributed by atoms with van der Waals surface area (Å²) in [5.74, 6) is 1.24. The number of anilines is 4. The van der Waals surface area contributed by atoms with Gasteiger partial charge in [0.25, 0.3) is 0 Å². The van der Waals surface area contributed by atoms with Gasteiger partial charge < -0.3 is 15.5 Å². The van der Waals surface area contributed by atoms with Crippen molar-refractivity contribution in [3.63, 3.8) is 0 Å². The Hall–Kier alpha value is -3.95. The summed E-state index contributed by atoms with van der Waals surface area (Å²) in [6.45, 7) is 0.386. The molecule has 0 atom stereocenters. The summed E-state index contributed by atoms with van der Waals surface area (Å²) < 4.78 is 23.1. The summed E-state index contributed by atoms with van der Waals surface area (Å²) in [7, 11) is 0.299. The number of benzene rings is 3. The minimum absolute atomic E-state index is 0.0767. The molecule has 0 aliphatic heterocycles. The van der Waals surface area contributed by atoms with Crippen LogP contribution in [0.2, 0.25) is 0 Å². The number of hydrogen-bond acceptors (Lipinski definition) is 7. The van der Waals surface area contributed by atoms with E-state index in [0.717, 1.165) is 28.1 Å². The highest BCUT2D eigenvalue weighted by Crippen LogP contribution is 2.27. The molecule has 34 heavy (non-hydrogen) atoms. The maximum atomic E-state index is 11.6. The second-order valence-corrected chi connectivity index (χ2v) is 9.55. The number of sulfonamides is 1. The zero-order valence-electron chi connectivity index (χ0n) is 18.9. The summed E-state index contributed by atoms with van der Waals surface area (Å²) in [4.78, 5) is 10.7. The Labute approximate surface area is 199 Å². The molecule has 4 N–H and O–H groups in total. The lowest BCUT2D eigenvalue weighted by Crippen LogP contribution is -2.12. The second kappa shape index (κ2) is 9.90. The van der Waals surface area contributed by atoms with Gasteiger partial charge >= 0.3 is 0 Å². The molecule has 4 aromatic rings. The largest absolute Gasteiger partial charge is 0.378 e. The number of nitrogens with two attached hydrogens (primary N) is 1. The molecule has 0 amide bonds. The molecule has 0 fully saturated rings. The highest BCUT2D eigenvalue weighted by Gasteiger charge is 2.08. The van der Waals surface area contributed by atoms with E-state index in [9.17, 15) is 8.42 Å². The quantitative estimate of drug-likeness (QED) is 0.350. The molecule has 0 spiro atoms. The van der Waals surface area contributed by atoms with Crippen molar-refractivity contribution in [2.45, 2.75) is 11.4 Å². The zero-order chi connectivity index (χ0) is 24.1. The van der Waals surface area contributed by atoms with Crippen LogP contribution in [0.5, 0.6) is 0 Å². The Morgan fingerprint density at radius 1 is 0.853 bits per heavy atom. The van der Waals surface area contributed by atoms with Gasteiger partial charge in [-0.1, -0.05) is 36.4 Å². The van der Waals surface area contributed by atoms with Gasteiger partial charge in [-0.25, -0.2) is 23.5 Å². The highest BCUT2D eigenvalue weighted by molar-refractivity contribution is 7.89. The van der Waals surface area contributed by atoms with Gasteiger partial charge in [0.05, 0.1) is 4.90 Å². The normalized spacial score (nSPS) is 11.1. The first-order valence-corrected chi connectivity index (χ1v) is 12.1. The third kappa shape index (κ3) is 5.89. The monoisotopic (exact) mass is 474 g/mol. The fraction of sp³-hybridized carbons (Fsp3) is 0.120. The Morgan fingerprint density at radius 3 is 2.32 bits per heavy atom. The summed E-state index contributed by atoms with van der Waals surface area (Å²) in [5, 5.41) is 11.7. The van der Waals surface area contributed by atoms with Crippen molar-refractivity contribution in [1.82, 2.24) is 9.97 Å². The molecule has 0 radical (unpaired) electrons. The van der Waals surface area contributed by atoms with E-state index in [-0.39, 0.29) is 4.90 Å². The fourth-order valence-electron chi connectivity index (χ4n) is 3.44. The first-order valence-electron chi connectivity index (χ1n) is 10.6. The van der Waals surface area contributed by atoms with Gasteiger partial charge in [-0.2, -0.15) is 0 Å². The number of rotatable bonds is 8. The Kier molecular flexibility index (Phi) is 6.76. The van der Waals surface area contributed by atoms with E-state index >= 15 is 0 Å². The van der Waals surface area contributed by atoms with Crippen LogP contribution < -0.4 is 20.7 Å². The summed E-state index contributed by atoms with van der Waals surface area (Å²) in [6.07, 6.45) is 1.47. The molecule has 4 rings (SSSR count). The van der Waals surface area contributed by atoms with Crippen molar-refractivity contribution in [2.24, 2.45) is 5.14 Å². The van der Waals surface area contributed by atoms with Crippen LogP contribution in [-0.2, 0) is 16.6 Å². The molecule has 1 aromatic heterocycles. The molecular weight excluding hydrogens is 448 g/mol. The van der Waals surface area contributed by atoms with Crippen molar-refractivity contribution in [3.05, 3.63) is 90.8 Å². The van der Waals surface area contributed by atoms with Crippen LogP contribution in [0.25, 0.3) is 11.1 Å². The highest BCUT2D eigenvalue weighted by atomic mass is 32.2. The number of nitrogens with one attached hydrogen (secondary N) is 2. The van der Waals surface area contributed by atoms with Crippen LogP contribution in [0.3, 0.4) is 0 Å². The van der Waals surface area contributed by atoms with Gasteiger partial charge in [-0.3, -0.25) is 0 Å². The van der Waals surface area contributed by atoms with Crippen LogP contribution in [0, 0.1) is 0 Å². The number of nitrogens with zero attached hydrogens (tertiary/aromatic N) is 3. The molecule has 8 nitrogen and oxygen atoms in total. The first kappa shape index (κ1) is 23.2. The van der Waals surface area contributed by atoms with Gasteiger partial charge in [0, 0.05) is 38.1 Å². The minimum atomic E-state index is -3.75. The predicted octanol–water partition coefficient (Wildman–Crippen LogP) is 4.21. The van der Waals surface area contributed by atoms with Gasteiger partial charge in [0.2, 0.25) is 10.0 Å². The van der Waals surface area contributed by atoms with Gasteiger partial charge in [0.15, 0.2) is 0 Å². The summed E-state index contributed by atoms with van der Waals surface area (Å²) >= 11 is 0. The van der Waals surface area contributed by atoms with Crippen molar-refractivity contribution < 1.29 is 8.42 Å². The first-order chi connectivity index (χ1) is 16.3. The fourth-order valence-corrected chi connectivity index (χ4v) is 4.02. The van der Waals surface area contributed by atoms with E-state index in [1.807, 2.05) is 38.4 Å². The second-order valence-electron chi connectivity index (χ2n) is 7.99. The van der Waals surface area contributed by atoms with Crippen molar-refractivity contribution >= 4 is 33.0 Å². The lowest BCUT2D eigenvalue weighted by Gasteiger charge is -2.14. The molecule has 1 heterocycles. The van der Waals surface area contributed by atoms with E-state index in [1.165, 1.54) is 12.4 Å². The van der Waals surface area contributed by atoms with E-state index in [0.29, 0.717) is 18.2 Å². The van der Waals surface area contributed by atoms with Crippen LogP contribution in [0.4, 0.5) is 23.0 Å². The third-order valence-corrected chi connectivity index (χ3v) is 6.11. The van der Waals surface area contributed by atoms with E-state index in [2.05, 4.69) is 55.8 Å². The molecule has 0 saturated heterocycles. The molecule has 3 aromatic carbocycles. The van der Waals surface area contributed by atoms with Crippen molar-refractivity contribution in [3.8, 4) is 11.1 Å². The van der Waals surface area contributed by atoms with Crippen molar-refractivity contribution in [1.29, 1.82) is 0 Å². The maximum absolute atomic E-state index is 11.6. The van der Waals surface area contributed by atoms with E-state index < -0.39 is 10.0 Å². The average molecular weight is 475 g/mol. The molecule has 0 unspecified atom stereocenters. The van der Waals surface area contributed by atoms with Crippen LogP contribution >= 0.6 is 0 Å². The van der Waals surface area contributed by atoms with Gasteiger partial charge in [-0.15, -0.1) is 0 Å². The smallest absolute Gasteiger partial charge is 0.238 e. The molecule has 0 saturated carbocycles. The minimum Gasteiger partial charge on any atom is -0.378 e. The number of hydrogen-bond donors (Lipinski definition) is 3. The Bertz CT molecular complexity index is 1410. The summed E-state index contributed by atoms with van der Waals surface area (Å²) in [6, 6.07) is 24.8. The van der Waals surface area contributed by atoms with Gasteiger partial charge in [0.1, 0.15) is 18.0 Å². The lowest BCUT2D eigenvalue weighted by atomic mass is 10.0. The SMILES string of the molecule is CN(C)c1cccc(-c2cccc(Nc3cc(NCc4cccc(S(N)(=O)=O)c4)ncn3)c2)c1. The van der Waals surface area contributed by atoms with Crippen LogP contribution in [0.15, 0.2) is 90.1 Å².